The fourth-order valence-corrected chi connectivity index (χ4v) is 4.07. The van der Waals surface area contributed by atoms with E-state index in [9.17, 15) is 9.59 Å². The highest BCUT2D eigenvalue weighted by molar-refractivity contribution is 7.19. The van der Waals surface area contributed by atoms with Crippen molar-refractivity contribution in [2.45, 2.75) is 39.7 Å². The summed E-state index contributed by atoms with van der Waals surface area (Å²) in [6.45, 7) is 5.81. The summed E-state index contributed by atoms with van der Waals surface area (Å²) in [5.41, 5.74) is 3.84. The van der Waals surface area contributed by atoms with Crippen molar-refractivity contribution in [1.29, 1.82) is 0 Å². The van der Waals surface area contributed by atoms with Crippen molar-refractivity contribution < 1.29 is 4.79 Å². The molecule has 2 aromatic heterocycles. The van der Waals surface area contributed by atoms with Crippen LogP contribution < -0.4 is 10.9 Å². The van der Waals surface area contributed by atoms with Gasteiger partial charge in [0.25, 0.3) is 11.5 Å². The number of amides is 1. The Hall–Kier alpha value is -2.47. The van der Waals surface area contributed by atoms with Crippen LogP contribution >= 0.6 is 11.3 Å². The SMILES string of the molecule is Cc1ccc(C)c(NC(=O)c2c(C)sc3c(=O)n(C4CC4)cnc23)c1. The minimum atomic E-state index is -0.214. The number of fused-ring (bicyclic) bond motifs is 1. The number of nitrogens with zero attached hydrogens (tertiary/aromatic N) is 2. The second-order valence-corrected chi connectivity index (χ2v) is 7.90. The summed E-state index contributed by atoms with van der Waals surface area (Å²) in [4.78, 5) is 30.8. The molecule has 1 amide bonds. The molecule has 6 heteroatoms. The molecule has 0 radical (unpaired) electrons. The molecule has 2 heterocycles. The first kappa shape index (κ1) is 16.0. The van der Waals surface area contributed by atoms with Gasteiger partial charge in [-0.1, -0.05) is 12.1 Å². The topological polar surface area (TPSA) is 64.0 Å². The van der Waals surface area contributed by atoms with Crippen LogP contribution in [0, 0.1) is 20.8 Å². The molecule has 128 valence electrons. The number of carbonyl (C=O) groups is 1. The number of aryl methyl sites for hydroxylation is 3. The quantitative estimate of drug-likeness (QED) is 0.775. The summed E-state index contributed by atoms with van der Waals surface area (Å²) < 4.78 is 2.27. The first-order chi connectivity index (χ1) is 12.0. The minimum absolute atomic E-state index is 0.0358. The van der Waals surface area contributed by atoms with Crippen LogP contribution in [0.15, 0.2) is 29.3 Å². The molecular weight excluding hydrogens is 334 g/mol. The van der Waals surface area contributed by atoms with Crippen LogP contribution in [-0.2, 0) is 0 Å². The highest BCUT2D eigenvalue weighted by Crippen LogP contribution is 2.35. The summed E-state index contributed by atoms with van der Waals surface area (Å²) >= 11 is 1.35. The molecule has 0 aliphatic heterocycles. The molecule has 0 saturated heterocycles. The van der Waals surface area contributed by atoms with Crippen molar-refractivity contribution >= 4 is 33.1 Å². The zero-order chi connectivity index (χ0) is 17.7. The van der Waals surface area contributed by atoms with E-state index in [4.69, 9.17) is 0 Å². The normalized spacial score (nSPS) is 14.0. The van der Waals surface area contributed by atoms with Crippen LogP contribution in [0.5, 0.6) is 0 Å². The van der Waals surface area contributed by atoms with Crippen LogP contribution in [0.3, 0.4) is 0 Å². The van der Waals surface area contributed by atoms with Crippen molar-refractivity contribution in [2.24, 2.45) is 0 Å². The maximum Gasteiger partial charge on any atom is 0.271 e. The van der Waals surface area contributed by atoms with Crippen LogP contribution in [-0.4, -0.2) is 15.5 Å². The molecule has 1 aromatic carbocycles. The van der Waals surface area contributed by atoms with Crippen LogP contribution in [0.4, 0.5) is 5.69 Å². The molecule has 0 unspecified atom stereocenters. The standard InChI is InChI=1S/C19H19N3O2S/c1-10-4-5-11(2)14(8-10)21-18(23)15-12(3)25-17-16(15)20-9-22(19(17)24)13-6-7-13/h4-5,8-9,13H,6-7H2,1-3H3,(H,21,23). The second kappa shape index (κ2) is 5.81. The average Bonchev–Trinajstić information content (AvgIpc) is 3.33. The molecule has 1 aliphatic rings. The van der Waals surface area contributed by atoms with Crippen molar-refractivity contribution in [3.8, 4) is 0 Å². The molecule has 1 saturated carbocycles. The lowest BCUT2D eigenvalue weighted by Gasteiger charge is -2.09. The Kier molecular flexibility index (Phi) is 3.72. The van der Waals surface area contributed by atoms with E-state index in [0.717, 1.165) is 34.5 Å². The number of aromatic nitrogens is 2. The third-order valence-electron chi connectivity index (χ3n) is 4.61. The number of rotatable bonds is 3. The van der Waals surface area contributed by atoms with E-state index in [0.29, 0.717) is 15.8 Å². The summed E-state index contributed by atoms with van der Waals surface area (Å²) in [5, 5.41) is 2.97. The first-order valence-corrected chi connectivity index (χ1v) is 9.16. The Labute approximate surface area is 149 Å². The molecule has 0 atom stereocenters. The third kappa shape index (κ3) is 2.76. The summed E-state index contributed by atoms with van der Waals surface area (Å²) in [7, 11) is 0. The third-order valence-corrected chi connectivity index (χ3v) is 5.69. The predicted octanol–water partition coefficient (Wildman–Crippen LogP) is 3.97. The molecule has 4 rings (SSSR count). The lowest BCUT2D eigenvalue weighted by Crippen LogP contribution is -2.19. The number of nitrogens with one attached hydrogen (secondary N) is 1. The lowest BCUT2D eigenvalue weighted by molar-refractivity contribution is 0.102. The molecule has 1 N–H and O–H groups in total. The highest BCUT2D eigenvalue weighted by atomic mass is 32.1. The van der Waals surface area contributed by atoms with Crippen LogP contribution in [0.25, 0.3) is 10.2 Å². The largest absolute Gasteiger partial charge is 0.322 e. The van der Waals surface area contributed by atoms with Gasteiger partial charge in [0.05, 0.1) is 11.9 Å². The minimum Gasteiger partial charge on any atom is -0.322 e. The Balaban J connectivity index is 1.77. The van der Waals surface area contributed by atoms with E-state index in [1.165, 1.54) is 11.3 Å². The predicted molar refractivity (Wildman–Crippen MR) is 101 cm³/mol. The highest BCUT2D eigenvalue weighted by Gasteiger charge is 2.27. The van der Waals surface area contributed by atoms with Gasteiger partial charge in [-0.2, -0.15) is 0 Å². The van der Waals surface area contributed by atoms with E-state index in [2.05, 4.69) is 10.3 Å². The molecule has 0 spiro atoms. The van der Waals surface area contributed by atoms with Gasteiger partial charge in [-0.3, -0.25) is 14.2 Å². The van der Waals surface area contributed by atoms with Gasteiger partial charge in [-0.15, -0.1) is 11.3 Å². The summed E-state index contributed by atoms with van der Waals surface area (Å²) in [6.07, 6.45) is 3.64. The monoisotopic (exact) mass is 353 g/mol. The number of thiophene rings is 1. The average molecular weight is 353 g/mol. The second-order valence-electron chi connectivity index (χ2n) is 6.67. The van der Waals surface area contributed by atoms with E-state index in [1.54, 1.807) is 10.9 Å². The smallest absolute Gasteiger partial charge is 0.271 e. The van der Waals surface area contributed by atoms with Gasteiger partial charge in [0.1, 0.15) is 10.2 Å². The molecule has 3 aromatic rings. The fourth-order valence-electron chi connectivity index (χ4n) is 3.03. The van der Waals surface area contributed by atoms with Gasteiger partial charge in [-0.25, -0.2) is 4.98 Å². The Morgan fingerprint density at radius 1 is 1.28 bits per heavy atom. The Morgan fingerprint density at radius 2 is 2.04 bits per heavy atom. The van der Waals surface area contributed by atoms with E-state index in [-0.39, 0.29) is 17.5 Å². The molecule has 0 bridgehead atoms. The summed E-state index contributed by atoms with van der Waals surface area (Å²) in [5.74, 6) is -0.214. The number of hydrogen-bond acceptors (Lipinski definition) is 4. The number of anilines is 1. The maximum atomic E-state index is 12.9. The number of carbonyl (C=O) groups excluding carboxylic acids is 1. The van der Waals surface area contributed by atoms with Gasteiger partial charge >= 0.3 is 0 Å². The summed E-state index contributed by atoms with van der Waals surface area (Å²) in [6, 6.07) is 6.22. The van der Waals surface area contributed by atoms with E-state index in [1.807, 2.05) is 39.0 Å². The first-order valence-electron chi connectivity index (χ1n) is 8.34. The van der Waals surface area contributed by atoms with Gasteiger partial charge in [0.15, 0.2) is 0 Å². The van der Waals surface area contributed by atoms with Gasteiger partial charge in [0, 0.05) is 16.6 Å². The number of hydrogen-bond donors (Lipinski definition) is 1. The zero-order valence-electron chi connectivity index (χ0n) is 14.4. The van der Waals surface area contributed by atoms with Crippen LogP contribution in [0.1, 0.15) is 45.2 Å². The van der Waals surface area contributed by atoms with E-state index >= 15 is 0 Å². The number of benzene rings is 1. The molecule has 5 nitrogen and oxygen atoms in total. The fraction of sp³-hybridized carbons (Fsp3) is 0.316. The Morgan fingerprint density at radius 3 is 2.76 bits per heavy atom. The van der Waals surface area contributed by atoms with Crippen LogP contribution in [0.2, 0.25) is 0 Å². The molecule has 25 heavy (non-hydrogen) atoms. The molecule has 1 fully saturated rings. The zero-order valence-corrected chi connectivity index (χ0v) is 15.2. The molecule has 1 aliphatic carbocycles. The van der Waals surface area contributed by atoms with Crippen molar-refractivity contribution in [1.82, 2.24) is 9.55 Å². The van der Waals surface area contributed by atoms with Crippen molar-refractivity contribution in [3.63, 3.8) is 0 Å². The Bertz CT molecular complexity index is 1060. The maximum absolute atomic E-state index is 12.9. The van der Waals surface area contributed by atoms with E-state index < -0.39 is 0 Å². The van der Waals surface area contributed by atoms with Crippen molar-refractivity contribution in [3.05, 3.63) is 56.4 Å². The van der Waals surface area contributed by atoms with Gasteiger partial charge in [0.2, 0.25) is 0 Å². The van der Waals surface area contributed by atoms with Crippen molar-refractivity contribution in [2.75, 3.05) is 5.32 Å². The van der Waals surface area contributed by atoms with Gasteiger partial charge < -0.3 is 5.32 Å². The lowest BCUT2D eigenvalue weighted by atomic mass is 10.1. The molecular formula is C19H19N3O2S. The van der Waals surface area contributed by atoms with Gasteiger partial charge in [-0.05, 0) is 50.8 Å².